The lowest BCUT2D eigenvalue weighted by molar-refractivity contribution is 0.0391. The fraction of sp³-hybridized carbons (Fsp3) is 0.412. The average molecular weight is 299 g/mol. The molecule has 116 valence electrons. The van der Waals surface area contributed by atoms with E-state index in [1.807, 2.05) is 13.0 Å². The first kappa shape index (κ1) is 14.8. The molecule has 1 saturated heterocycles. The Hall–Kier alpha value is -2.14. The highest BCUT2D eigenvalue weighted by Crippen LogP contribution is 2.27. The molecule has 5 nitrogen and oxygen atoms in total. The fourth-order valence-electron chi connectivity index (χ4n) is 2.72. The first-order chi connectivity index (χ1) is 10.8. The van der Waals surface area contributed by atoms with Crippen LogP contribution in [0.2, 0.25) is 0 Å². The monoisotopic (exact) mass is 299 g/mol. The maximum Gasteiger partial charge on any atom is 0.218 e. The quantitative estimate of drug-likeness (QED) is 0.869. The molecule has 0 amide bonds. The molecule has 0 saturated carbocycles. The number of aryl methyl sites for hydroxylation is 1. The summed E-state index contributed by atoms with van der Waals surface area (Å²) in [5, 5.41) is 0. The Balaban J connectivity index is 1.78. The maximum atomic E-state index is 5.96. The average Bonchev–Trinajstić information content (AvgIpc) is 2.56. The summed E-state index contributed by atoms with van der Waals surface area (Å²) in [4.78, 5) is 10.7. The van der Waals surface area contributed by atoms with Crippen molar-refractivity contribution in [3.8, 4) is 5.88 Å². The molecule has 0 radical (unpaired) electrons. The van der Waals surface area contributed by atoms with Crippen LogP contribution in [-0.4, -0.2) is 36.3 Å². The zero-order valence-corrected chi connectivity index (χ0v) is 13.0. The van der Waals surface area contributed by atoms with Crippen molar-refractivity contribution in [1.29, 1.82) is 0 Å². The smallest absolute Gasteiger partial charge is 0.218 e. The number of hydrogen-bond acceptors (Lipinski definition) is 5. The normalized spacial score (nSPS) is 18.3. The number of anilines is 1. The summed E-state index contributed by atoms with van der Waals surface area (Å²) in [5.74, 6) is 1.51. The van der Waals surface area contributed by atoms with Gasteiger partial charge in [-0.25, -0.2) is 9.97 Å². The largest absolute Gasteiger partial charge is 0.478 e. The van der Waals surface area contributed by atoms with Gasteiger partial charge in [-0.3, -0.25) is 0 Å². The van der Waals surface area contributed by atoms with E-state index in [2.05, 4.69) is 46.1 Å². The second-order valence-corrected chi connectivity index (χ2v) is 5.31. The van der Waals surface area contributed by atoms with Gasteiger partial charge in [0.25, 0.3) is 0 Å². The van der Waals surface area contributed by atoms with E-state index < -0.39 is 0 Å². The lowest BCUT2D eigenvalue weighted by Gasteiger charge is -2.34. The molecular weight excluding hydrogens is 278 g/mol. The zero-order valence-electron chi connectivity index (χ0n) is 13.0. The molecule has 2 heterocycles. The van der Waals surface area contributed by atoms with Gasteiger partial charge < -0.3 is 14.4 Å². The second kappa shape index (κ2) is 6.75. The second-order valence-electron chi connectivity index (χ2n) is 5.31. The highest BCUT2D eigenvalue weighted by Gasteiger charge is 2.24. The van der Waals surface area contributed by atoms with Gasteiger partial charge in [0, 0.05) is 19.2 Å². The summed E-state index contributed by atoms with van der Waals surface area (Å²) in [6, 6.07) is 10.3. The van der Waals surface area contributed by atoms with Crippen LogP contribution < -0.4 is 9.64 Å². The molecule has 5 heteroatoms. The van der Waals surface area contributed by atoms with Crippen molar-refractivity contribution < 1.29 is 9.47 Å². The first-order valence-corrected chi connectivity index (χ1v) is 7.65. The van der Waals surface area contributed by atoms with Gasteiger partial charge in [-0.15, -0.1) is 0 Å². The summed E-state index contributed by atoms with van der Waals surface area (Å²) in [7, 11) is 0. The van der Waals surface area contributed by atoms with Gasteiger partial charge in [-0.05, 0) is 25.0 Å². The van der Waals surface area contributed by atoms with Crippen molar-refractivity contribution >= 4 is 5.82 Å². The molecule has 22 heavy (non-hydrogen) atoms. The predicted molar refractivity (Wildman–Crippen MR) is 85.3 cm³/mol. The van der Waals surface area contributed by atoms with Crippen LogP contribution in [0.15, 0.2) is 36.7 Å². The van der Waals surface area contributed by atoms with E-state index in [1.54, 1.807) is 6.33 Å². The van der Waals surface area contributed by atoms with Crippen molar-refractivity contribution in [2.75, 3.05) is 31.2 Å². The third kappa shape index (κ3) is 3.20. The fourth-order valence-corrected chi connectivity index (χ4v) is 2.72. The third-order valence-electron chi connectivity index (χ3n) is 3.85. The number of morpholine rings is 1. The molecule has 0 N–H and O–H groups in total. The van der Waals surface area contributed by atoms with E-state index in [0.29, 0.717) is 19.1 Å². The lowest BCUT2D eigenvalue weighted by atomic mass is 10.0. The lowest BCUT2D eigenvalue weighted by Crippen LogP contribution is -2.39. The van der Waals surface area contributed by atoms with E-state index in [4.69, 9.17) is 9.47 Å². The minimum atomic E-state index is 0.0699. The molecule has 1 fully saturated rings. The molecule has 0 aliphatic carbocycles. The van der Waals surface area contributed by atoms with E-state index in [9.17, 15) is 0 Å². The van der Waals surface area contributed by atoms with Crippen LogP contribution in [-0.2, 0) is 4.74 Å². The van der Waals surface area contributed by atoms with Crippen LogP contribution in [0.4, 0.5) is 5.82 Å². The van der Waals surface area contributed by atoms with Crippen LogP contribution in [0.1, 0.15) is 24.2 Å². The van der Waals surface area contributed by atoms with E-state index >= 15 is 0 Å². The third-order valence-corrected chi connectivity index (χ3v) is 3.85. The molecule has 1 aliphatic heterocycles. The van der Waals surface area contributed by atoms with E-state index in [0.717, 1.165) is 18.9 Å². The van der Waals surface area contributed by atoms with Gasteiger partial charge in [0.05, 0.1) is 13.2 Å². The van der Waals surface area contributed by atoms with Crippen LogP contribution in [0.5, 0.6) is 5.88 Å². The summed E-state index contributed by atoms with van der Waals surface area (Å²) >= 11 is 0. The molecule has 2 aromatic rings. The number of rotatable bonds is 4. The predicted octanol–water partition coefficient (Wildman–Crippen LogP) is 2.76. The van der Waals surface area contributed by atoms with E-state index in [1.165, 1.54) is 11.1 Å². The Kier molecular flexibility index (Phi) is 4.53. The number of benzene rings is 1. The van der Waals surface area contributed by atoms with Gasteiger partial charge in [0.15, 0.2) is 0 Å². The highest BCUT2D eigenvalue weighted by molar-refractivity contribution is 5.42. The Labute approximate surface area is 130 Å². The standard InChI is InChI=1S/C17H21N3O2/c1-3-21-17-10-16(18-12-19-17)20-8-9-22-15(11-20)14-7-5-4-6-13(14)2/h4-7,10,12,15H,3,8-9,11H2,1-2H3. The number of ether oxygens (including phenoxy) is 2. The topological polar surface area (TPSA) is 47.5 Å². The summed E-state index contributed by atoms with van der Waals surface area (Å²) < 4.78 is 11.4. The van der Waals surface area contributed by atoms with Crippen molar-refractivity contribution in [2.24, 2.45) is 0 Å². The Morgan fingerprint density at radius 2 is 2.18 bits per heavy atom. The molecule has 0 spiro atoms. The van der Waals surface area contributed by atoms with Crippen molar-refractivity contribution in [3.63, 3.8) is 0 Å². The Bertz CT molecular complexity index is 633. The number of aromatic nitrogens is 2. The van der Waals surface area contributed by atoms with Gasteiger partial charge >= 0.3 is 0 Å². The first-order valence-electron chi connectivity index (χ1n) is 7.65. The summed E-state index contributed by atoms with van der Waals surface area (Å²) in [6.45, 7) is 6.97. The van der Waals surface area contributed by atoms with Crippen molar-refractivity contribution in [3.05, 3.63) is 47.8 Å². The van der Waals surface area contributed by atoms with Gasteiger partial charge in [0.1, 0.15) is 18.2 Å². The maximum absolute atomic E-state index is 5.96. The number of hydrogen-bond donors (Lipinski definition) is 0. The molecule has 1 aromatic heterocycles. The van der Waals surface area contributed by atoms with Gasteiger partial charge in [0.2, 0.25) is 5.88 Å². The molecule has 1 atom stereocenters. The van der Waals surface area contributed by atoms with Crippen LogP contribution in [0.25, 0.3) is 0 Å². The molecule has 1 unspecified atom stereocenters. The zero-order chi connectivity index (χ0) is 15.4. The summed E-state index contributed by atoms with van der Waals surface area (Å²) in [5.41, 5.74) is 2.50. The SMILES string of the molecule is CCOc1cc(N2CCOC(c3ccccc3C)C2)ncn1. The van der Waals surface area contributed by atoms with Crippen LogP contribution >= 0.6 is 0 Å². The number of nitrogens with zero attached hydrogens (tertiary/aromatic N) is 3. The summed E-state index contributed by atoms with van der Waals surface area (Å²) in [6.07, 6.45) is 1.62. The van der Waals surface area contributed by atoms with Crippen molar-refractivity contribution in [2.45, 2.75) is 20.0 Å². The highest BCUT2D eigenvalue weighted by atomic mass is 16.5. The van der Waals surface area contributed by atoms with Crippen LogP contribution in [0, 0.1) is 6.92 Å². The van der Waals surface area contributed by atoms with Crippen LogP contribution in [0.3, 0.4) is 0 Å². The molecule has 0 bridgehead atoms. The minimum absolute atomic E-state index is 0.0699. The molecule has 1 aliphatic rings. The molecule has 3 rings (SSSR count). The minimum Gasteiger partial charge on any atom is -0.478 e. The van der Waals surface area contributed by atoms with Crippen molar-refractivity contribution in [1.82, 2.24) is 9.97 Å². The Morgan fingerprint density at radius 1 is 1.32 bits per heavy atom. The van der Waals surface area contributed by atoms with Gasteiger partial charge in [-0.2, -0.15) is 0 Å². The Morgan fingerprint density at radius 3 is 3.00 bits per heavy atom. The molecule has 1 aromatic carbocycles. The van der Waals surface area contributed by atoms with E-state index in [-0.39, 0.29) is 6.10 Å². The van der Waals surface area contributed by atoms with Gasteiger partial charge in [-0.1, -0.05) is 24.3 Å². The molecular formula is C17H21N3O2.